The van der Waals surface area contributed by atoms with Crippen LogP contribution in [0.15, 0.2) is 0 Å². The Morgan fingerprint density at radius 2 is 2.12 bits per heavy atom. The van der Waals surface area contributed by atoms with Crippen molar-refractivity contribution in [3.05, 3.63) is 0 Å². The van der Waals surface area contributed by atoms with Gasteiger partial charge in [0.2, 0.25) is 5.91 Å². The fraction of sp³-hybridized carbons (Fsp3) is 0.818. The van der Waals surface area contributed by atoms with Gasteiger partial charge in [-0.25, -0.2) is 4.79 Å². The molecule has 0 saturated carbocycles. The lowest BCUT2D eigenvalue weighted by Gasteiger charge is -2.36. The molecule has 0 aromatic rings. The Morgan fingerprint density at radius 1 is 1.44 bits per heavy atom. The second-order valence-electron chi connectivity index (χ2n) is 4.28. The second kappa shape index (κ2) is 5.72. The van der Waals surface area contributed by atoms with E-state index < -0.39 is 0 Å². The standard InChI is InChI=1S/C11H20N2O3/c1-4-9-5-10(12-8(2)14)7-13(6-9)11(15)16-3/h9-10H,4-7H2,1-3H3,(H,12,14). The van der Waals surface area contributed by atoms with Crippen molar-refractivity contribution in [1.82, 2.24) is 10.2 Å². The number of nitrogens with one attached hydrogen (secondary N) is 1. The number of ether oxygens (including phenoxy) is 1. The molecular weight excluding hydrogens is 208 g/mol. The number of nitrogens with zero attached hydrogens (tertiary/aromatic N) is 1. The first-order chi connectivity index (χ1) is 7.56. The molecule has 1 heterocycles. The summed E-state index contributed by atoms with van der Waals surface area (Å²) in [4.78, 5) is 24.1. The minimum Gasteiger partial charge on any atom is -0.453 e. The lowest BCUT2D eigenvalue weighted by Crippen LogP contribution is -2.52. The quantitative estimate of drug-likeness (QED) is 0.766. The first-order valence-corrected chi connectivity index (χ1v) is 5.66. The molecule has 2 unspecified atom stereocenters. The predicted molar refractivity (Wildman–Crippen MR) is 60.0 cm³/mol. The van der Waals surface area contributed by atoms with Crippen molar-refractivity contribution >= 4 is 12.0 Å². The molecule has 5 heteroatoms. The summed E-state index contributed by atoms with van der Waals surface area (Å²) in [6.45, 7) is 4.86. The van der Waals surface area contributed by atoms with Crippen molar-refractivity contribution in [3.8, 4) is 0 Å². The van der Waals surface area contributed by atoms with Gasteiger partial charge in [-0.15, -0.1) is 0 Å². The van der Waals surface area contributed by atoms with Crippen molar-refractivity contribution in [2.24, 2.45) is 5.92 Å². The lowest BCUT2D eigenvalue weighted by atomic mass is 9.92. The summed E-state index contributed by atoms with van der Waals surface area (Å²) in [5, 5.41) is 2.87. The normalized spacial score (nSPS) is 25.1. The summed E-state index contributed by atoms with van der Waals surface area (Å²) >= 11 is 0. The lowest BCUT2D eigenvalue weighted by molar-refractivity contribution is -0.120. The molecule has 1 aliphatic rings. The van der Waals surface area contributed by atoms with Crippen molar-refractivity contribution in [3.63, 3.8) is 0 Å². The van der Waals surface area contributed by atoms with Crippen LogP contribution in [0.5, 0.6) is 0 Å². The molecule has 0 aliphatic carbocycles. The number of likely N-dealkylation sites (tertiary alicyclic amines) is 1. The van der Waals surface area contributed by atoms with E-state index in [2.05, 4.69) is 12.2 Å². The molecule has 1 N–H and O–H groups in total. The zero-order valence-corrected chi connectivity index (χ0v) is 10.2. The van der Waals surface area contributed by atoms with Crippen LogP contribution in [-0.4, -0.2) is 43.1 Å². The Morgan fingerprint density at radius 3 is 2.62 bits per heavy atom. The van der Waals surface area contributed by atoms with Gasteiger partial charge < -0.3 is 15.0 Å². The maximum Gasteiger partial charge on any atom is 0.409 e. The van der Waals surface area contributed by atoms with Crippen LogP contribution in [-0.2, 0) is 9.53 Å². The van der Waals surface area contributed by atoms with Crippen molar-refractivity contribution in [2.45, 2.75) is 32.7 Å². The SMILES string of the molecule is CCC1CC(NC(C)=O)CN(C(=O)OC)C1. The van der Waals surface area contributed by atoms with Crippen molar-refractivity contribution < 1.29 is 14.3 Å². The first kappa shape index (κ1) is 12.8. The van der Waals surface area contributed by atoms with E-state index in [0.717, 1.165) is 19.4 Å². The highest BCUT2D eigenvalue weighted by molar-refractivity contribution is 5.73. The number of carbonyl (C=O) groups excluding carboxylic acids is 2. The molecule has 0 aromatic carbocycles. The highest BCUT2D eigenvalue weighted by Crippen LogP contribution is 2.20. The Balaban J connectivity index is 2.60. The number of hydrogen-bond donors (Lipinski definition) is 1. The number of amides is 2. The highest BCUT2D eigenvalue weighted by atomic mass is 16.5. The number of methoxy groups -OCH3 is 1. The predicted octanol–water partition coefficient (Wildman–Crippen LogP) is 0.989. The molecular formula is C11H20N2O3. The van der Waals surface area contributed by atoms with Gasteiger partial charge >= 0.3 is 6.09 Å². The largest absolute Gasteiger partial charge is 0.453 e. The van der Waals surface area contributed by atoms with E-state index in [4.69, 9.17) is 4.74 Å². The summed E-state index contributed by atoms with van der Waals surface area (Å²) in [5.41, 5.74) is 0. The average molecular weight is 228 g/mol. The van der Waals surface area contributed by atoms with E-state index in [9.17, 15) is 9.59 Å². The maximum atomic E-state index is 11.5. The number of carbonyl (C=O) groups is 2. The summed E-state index contributed by atoms with van der Waals surface area (Å²) in [6.07, 6.45) is 1.63. The molecule has 0 spiro atoms. The molecule has 1 saturated heterocycles. The average Bonchev–Trinajstić information content (AvgIpc) is 2.26. The maximum absolute atomic E-state index is 11.5. The summed E-state index contributed by atoms with van der Waals surface area (Å²) in [6, 6.07) is 0.0512. The van der Waals surface area contributed by atoms with Gasteiger partial charge in [0.1, 0.15) is 0 Å². The minimum atomic E-state index is -0.312. The fourth-order valence-electron chi connectivity index (χ4n) is 2.17. The molecule has 1 aliphatic heterocycles. The van der Waals surface area contributed by atoms with Gasteiger partial charge in [-0.05, 0) is 12.3 Å². The van der Waals surface area contributed by atoms with Crippen LogP contribution in [0.25, 0.3) is 0 Å². The molecule has 0 aromatic heterocycles. The number of rotatable bonds is 2. The summed E-state index contributed by atoms with van der Waals surface area (Å²) in [5.74, 6) is 0.385. The van der Waals surface area contributed by atoms with Crippen LogP contribution in [0.4, 0.5) is 4.79 Å². The van der Waals surface area contributed by atoms with Gasteiger partial charge in [0.15, 0.2) is 0 Å². The van der Waals surface area contributed by atoms with Crippen LogP contribution in [0.2, 0.25) is 0 Å². The zero-order valence-electron chi connectivity index (χ0n) is 10.2. The van der Waals surface area contributed by atoms with Gasteiger partial charge in [0, 0.05) is 26.1 Å². The van der Waals surface area contributed by atoms with Gasteiger partial charge in [-0.2, -0.15) is 0 Å². The van der Waals surface area contributed by atoms with Crippen LogP contribution in [0.1, 0.15) is 26.7 Å². The molecule has 5 nitrogen and oxygen atoms in total. The van der Waals surface area contributed by atoms with E-state index in [1.165, 1.54) is 14.0 Å². The highest BCUT2D eigenvalue weighted by Gasteiger charge is 2.29. The molecule has 92 valence electrons. The van der Waals surface area contributed by atoms with Crippen molar-refractivity contribution in [2.75, 3.05) is 20.2 Å². The first-order valence-electron chi connectivity index (χ1n) is 5.66. The molecule has 1 rings (SSSR count). The third-order valence-corrected chi connectivity index (χ3v) is 2.95. The van der Waals surface area contributed by atoms with E-state index in [1.807, 2.05) is 0 Å². The van der Waals surface area contributed by atoms with Crippen LogP contribution in [0, 0.1) is 5.92 Å². The van der Waals surface area contributed by atoms with E-state index >= 15 is 0 Å². The van der Waals surface area contributed by atoms with Gasteiger partial charge in [0.05, 0.1) is 7.11 Å². The third-order valence-electron chi connectivity index (χ3n) is 2.95. The second-order valence-corrected chi connectivity index (χ2v) is 4.28. The molecule has 1 fully saturated rings. The Hall–Kier alpha value is -1.26. The fourth-order valence-corrected chi connectivity index (χ4v) is 2.17. The van der Waals surface area contributed by atoms with Gasteiger partial charge in [-0.3, -0.25) is 4.79 Å². The summed E-state index contributed by atoms with van der Waals surface area (Å²) < 4.78 is 4.71. The third kappa shape index (κ3) is 3.40. The van der Waals surface area contributed by atoms with Gasteiger partial charge in [-0.1, -0.05) is 13.3 Å². The molecule has 0 radical (unpaired) electrons. The number of piperidine rings is 1. The van der Waals surface area contributed by atoms with E-state index in [1.54, 1.807) is 4.90 Å². The number of hydrogen-bond acceptors (Lipinski definition) is 3. The smallest absolute Gasteiger partial charge is 0.409 e. The molecule has 2 atom stereocenters. The Bertz CT molecular complexity index is 268. The summed E-state index contributed by atoms with van der Waals surface area (Å²) in [7, 11) is 1.38. The van der Waals surface area contributed by atoms with E-state index in [0.29, 0.717) is 12.5 Å². The van der Waals surface area contributed by atoms with E-state index in [-0.39, 0.29) is 18.0 Å². The molecule has 16 heavy (non-hydrogen) atoms. The Kier molecular flexibility index (Phi) is 4.58. The Labute approximate surface area is 96.1 Å². The molecule has 0 bridgehead atoms. The van der Waals surface area contributed by atoms with Crippen molar-refractivity contribution in [1.29, 1.82) is 0 Å². The topological polar surface area (TPSA) is 58.6 Å². The molecule has 2 amide bonds. The monoisotopic (exact) mass is 228 g/mol. The van der Waals surface area contributed by atoms with Crippen LogP contribution >= 0.6 is 0 Å². The zero-order chi connectivity index (χ0) is 12.1. The van der Waals surface area contributed by atoms with Crippen LogP contribution < -0.4 is 5.32 Å². The van der Waals surface area contributed by atoms with Crippen LogP contribution in [0.3, 0.4) is 0 Å². The van der Waals surface area contributed by atoms with Gasteiger partial charge in [0.25, 0.3) is 0 Å². The minimum absolute atomic E-state index is 0.0495.